The summed E-state index contributed by atoms with van der Waals surface area (Å²) in [5.74, 6) is 0.622. The molecule has 2 aromatic rings. The molecule has 5 heteroatoms. The molecule has 0 unspecified atom stereocenters. The quantitative estimate of drug-likeness (QED) is 0.897. The van der Waals surface area contributed by atoms with Crippen molar-refractivity contribution in [2.45, 2.75) is 12.8 Å². The van der Waals surface area contributed by atoms with Crippen LogP contribution in [0.15, 0.2) is 48.5 Å². The Morgan fingerprint density at radius 2 is 1.92 bits per heavy atom. The highest BCUT2D eigenvalue weighted by Crippen LogP contribution is 2.33. The van der Waals surface area contributed by atoms with E-state index in [1.807, 2.05) is 42.2 Å². The van der Waals surface area contributed by atoms with Gasteiger partial charge in [-0.25, -0.2) is 0 Å². The first-order chi connectivity index (χ1) is 11.1. The predicted molar refractivity (Wildman–Crippen MR) is 101 cm³/mol. The Morgan fingerprint density at radius 3 is 2.54 bits per heavy atom. The van der Waals surface area contributed by atoms with Gasteiger partial charge in [-0.15, -0.1) is 12.4 Å². The molecule has 24 heavy (non-hydrogen) atoms. The predicted octanol–water partition coefficient (Wildman–Crippen LogP) is 3.88. The van der Waals surface area contributed by atoms with Crippen LogP contribution in [-0.2, 0) is 0 Å². The highest BCUT2D eigenvalue weighted by atomic mass is 35.5. The van der Waals surface area contributed by atoms with Crippen LogP contribution in [0, 0.1) is 12.8 Å². The number of aryl methyl sites for hydroxylation is 1. The van der Waals surface area contributed by atoms with Crippen LogP contribution < -0.4 is 5.73 Å². The molecule has 1 amide bonds. The largest absolute Gasteiger partial charge is 0.338 e. The van der Waals surface area contributed by atoms with Crippen molar-refractivity contribution in [3.8, 4) is 0 Å². The molecule has 0 bridgehead atoms. The molecule has 0 aromatic heterocycles. The molecule has 1 heterocycles. The van der Waals surface area contributed by atoms with Gasteiger partial charge in [0.1, 0.15) is 0 Å². The lowest BCUT2D eigenvalue weighted by Gasteiger charge is -2.17. The number of halogens is 2. The van der Waals surface area contributed by atoms with Crippen molar-refractivity contribution < 1.29 is 4.79 Å². The molecule has 2 aromatic carbocycles. The molecule has 3 rings (SSSR count). The maximum atomic E-state index is 12.8. The second kappa shape index (κ2) is 8.02. The lowest BCUT2D eigenvalue weighted by molar-refractivity contribution is 0.0786. The summed E-state index contributed by atoms with van der Waals surface area (Å²) in [6.07, 6.45) is 0. The second-order valence-electron chi connectivity index (χ2n) is 6.19. The van der Waals surface area contributed by atoms with Crippen molar-refractivity contribution >= 4 is 29.9 Å². The van der Waals surface area contributed by atoms with Crippen LogP contribution in [0.3, 0.4) is 0 Å². The fourth-order valence-electron chi connectivity index (χ4n) is 3.26. The van der Waals surface area contributed by atoms with Gasteiger partial charge in [-0.3, -0.25) is 4.79 Å². The molecule has 0 aliphatic carbocycles. The molecule has 128 valence electrons. The number of amides is 1. The molecule has 3 nitrogen and oxygen atoms in total. The molecule has 0 spiro atoms. The van der Waals surface area contributed by atoms with Gasteiger partial charge in [0.2, 0.25) is 0 Å². The molecule has 0 saturated carbocycles. The van der Waals surface area contributed by atoms with Crippen LogP contribution in [0.4, 0.5) is 0 Å². The normalized spacial score (nSPS) is 19.9. The van der Waals surface area contributed by atoms with E-state index in [0.717, 1.165) is 5.56 Å². The number of rotatable bonds is 3. The number of benzene rings is 2. The summed E-state index contributed by atoms with van der Waals surface area (Å²) < 4.78 is 0. The van der Waals surface area contributed by atoms with Gasteiger partial charge >= 0.3 is 0 Å². The highest BCUT2D eigenvalue weighted by molar-refractivity contribution is 6.31. The van der Waals surface area contributed by atoms with E-state index < -0.39 is 0 Å². The highest BCUT2D eigenvalue weighted by Gasteiger charge is 2.35. The van der Waals surface area contributed by atoms with Crippen molar-refractivity contribution in [1.82, 2.24) is 4.90 Å². The van der Waals surface area contributed by atoms with Gasteiger partial charge in [-0.05, 0) is 42.6 Å². The number of hydrogen-bond donors (Lipinski definition) is 1. The van der Waals surface area contributed by atoms with Crippen molar-refractivity contribution in [3.05, 3.63) is 70.2 Å². The Morgan fingerprint density at radius 1 is 1.21 bits per heavy atom. The summed E-state index contributed by atoms with van der Waals surface area (Å²) in [5.41, 5.74) is 8.82. The van der Waals surface area contributed by atoms with Gasteiger partial charge in [-0.1, -0.05) is 48.0 Å². The SMILES string of the molecule is Cc1ccc(C(=O)N2C[C@@H](CN)[C@H](c3ccccc3)C2)cc1Cl.Cl. The molecule has 1 saturated heterocycles. The third-order valence-electron chi connectivity index (χ3n) is 4.68. The number of nitrogens with two attached hydrogens (primary N) is 1. The summed E-state index contributed by atoms with van der Waals surface area (Å²) in [4.78, 5) is 14.7. The third-order valence-corrected chi connectivity index (χ3v) is 5.08. The Kier molecular flexibility index (Phi) is 6.27. The minimum atomic E-state index is 0. The molecular weight excluding hydrogens is 343 g/mol. The maximum absolute atomic E-state index is 12.8. The topological polar surface area (TPSA) is 46.3 Å². The summed E-state index contributed by atoms with van der Waals surface area (Å²) >= 11 is 6.15. The lowest BCUT2D eigenvalue weighted by Crippen LogP contribution is -2.29. The van der Waals surface area contributed by atoms with E-state index in [4.69, 9.17) is 17.3 Å². The first kappa shape index (κ1) is 18.8. The summed E-state index contributed by atoms with van der Waals surface area (Å²) in [5, 5.41) is 0.630. The fraction of sp³-hybridized carbons (Fsp3) is 0.316. The maximum Gasteiger partial charge on any atom is 0.253 e. The minimum absolute atomic E-state index is 0. The molecular formula is C19H22Cl2N2O. The van der Waals surface area contributed by atoms with Gasteiger partial charge in [0.25, 0.3) is 5.91 Å². The standard InChI is InChI=1S/C19H21ClN2O.ClH/c1-13-7-8-15(9-18(13)20)19(23)22-11-16(10-21)17(12-22)14-5-3-2-4-6-14;/h2-9,16-17H,10-12,21H2,1H3;1H/t16-,17+;/m1./s1. The van der Waals surface area contributed by atoms with Crippen LogP contribution in [0.25, 0.3) is 0 Å². The summed E-state index contributed by atoms with van der Waals surface area (Å²) in [6, 6.07) is 15.8. The van der Waals surface area contributed by atoms with Gasteiger partial charge in [0.15, 0.2) is 0 Å². The van der Waals surface area contributed by atoms with Crippen LogP contribution in [0.1, 0.15) is 27.4 Å². The number of carbonyl (C=O) groups is 1. The van der Waals surface area contributed by atoms with E-state index in [0.29, 0.717) is 42.1 Å². The van der Waals surface area contributed by atoms with Crippen LogP contribution in [-0.4, -0.2) is 30.4 Å². The third kappa shape index (κ3) is 3.75. The van der Waals surface area contributed by atoms with E-state index in [2.05, 4.69) is 12.1 Å². The Bertz CT molecular complexity index is 706. The van der Waals surface area contributed by atoms with Crippen molar-refractivity contribution in [2.75, 3.05) is 19.6 Å². The first-order valence-electron chi connectivity index (χ1n) is 7.90. The Hall–Kier alpha value is -1.55. The average molecular weight is 365 g/mol. The van der Waals surface area contributed by atoms with E-state index in [-0.39, 0.29) is 18.3 Å². The van der Waals surface area contributed by atoms with E-state index in [9.17, 15) is 4.79 Å². The number of hydrogen-bond acceptors (Lipinski definition) is 2. The molecule has 2 atom stereocenters. The summed E-state index contributed by atoms with van der Waals surface area (Å²) in [7, 11) is 0. The molecule has 0 radical (unpaired) electrons. The molecule has 1 fully saturated rings. The van der Waals surface area contributed by atoms with Crippen LogP contribution in [0.2, 0.25) is 5.02 Å². The zero-order chi connectivity index (χ0) is 16.4. The van der Waals surface area contributed by atoms with Crippen molar-refractivity contribution in [3.63, 3.8) is 0 Å². The molecule has 1 aliphatic heterocycles. The van der Waals surface area contributed by atoms with Crippen molar-refractivity contribution in [2.24, 2.45) is 11.7 Å². The van der Waals surface area contributed by atoms with E-state index in [1.54, 1.807) is 6.07 Å². The minimum Gasteiger partial charge on any atom is -0.338 e. The Balaban J connectivity index is 0.00000208. The van der Waals surface area contributed by atoms with Gasteiger partial charge in [0, 0.05) is 29.6 Å². The van der Waals surface area contributed by atoms with Gasteiger partial charge in [0.05, 0.1) is 0 Å². The Labute approximate surface area is 154 Å². The molecule has 2 N–H and O–H groups in total. The van der Waals surface area contributed by atoms with E-state index >= 15 is 0 Å². The van der Waals surface area contributed by atoms with E-state index in [1.165, 1.54) is 5.56 Å². The number of likely N-dealkylation sites (tertiary alicyclic amines) is 1. The average Bonchev–Trinajstić information content (AvgIpc) is 3.02. The monoisotopic (exact) mass is 364 g/mol. The second-order valence-corrected chi connectivity index (χ2v) is 6.59. The van der Waals surface area contributed by atoms with Gasteiger partial charge < -0.3 is 10.6 Å². The first-order valence-corrected chi connectivity index (χ1v) is 8.28. The number of carbonyl (C=O) groups excluding carboxylic acids is 1. The lowest BCUT2D eigenvalue weighted by atomic mass is 9.89. The van der Waals surface area contributed by atoms with Gasteiger partial charge in [-0.2, -0.15) is 0 Å². The summed E-state index contributed by atoms with van der Waals surface area (Å²) in [6.45, 7) is 3.91. The number of nitrogens with zero attached hydrogens (tertiary/aromatic N) is 1. The molecule has 1 aliphatic rings. The van der Waals surface area contributed by atoms with Crippen LogP contribution in [0.5, 0.6) is 0 Å². The fourth-order valence-corrected chi connectivity index (χ4v) is 3.44. The van der Waals surface area contributed by atoms with Crippen LogP contribution >= 0.6 is 24.0 Å². The zero-order valence-electron chi connectivity index (χ0n) is 13.6. The smallest absolute Gasteiger partial charge is 0.253 e. The van der Waals surface area contributed by atoms with Crippen molar-refractivity contribution in [1.29, 1.82) is 0 Å². The zero-order valence-corrected chi connectivity index (χ0v) is 15.2.